The summed E-state index contributed by atoms with van der Waals surface area (Å²) in [5, 5.41) is 15.5. The van der Waals surface area contributed by atoms with Crippen LogP contribution in [0.1, 0.15) is 17.0 Å². The Kier molecular flexibility index (Phi) is 5.22. The van der Waals surface area contributed by atoms with Crippen LogP contribution in [-0.4, -0.2) is 17.6 Å². The van der Waals surface area contributed by atoms with E-state index in [0.717, 1.165) is 21.3 Å². The van der Waals surface area contributed by atoms with Crippen molar-refractivity contribution >= 4 is 27.5 Å². The van der Waals surface area contributed by atoms with Crippen LogP contribution in [0.3, 0.4) is 0 Å². The number of anilines is 1. The van der Waals surface area contributed by atoms with Crippen LogP contribution >= 0.6 is 15.9 Å². The topological polar surface area (TPSA) is 70.6 Å². The van der Waals surface area contributed by atoms with E-state index in [-0.39, 0.29) is 11.8 Å². The second kappa shape index (κ2) is 7.13. The van der Waals surface area contributed by atoms with Gasteiger partial charge >= 0.3 is 0 Å². The van der Waals surface area contributed by atoms with Gasteiger partial charge < -0.3 is 16.3 Å². The number of amidine groups is 1. The number of nitrogens with one attached hydrogen (secondary N) is 1. The molecule has 0 amide bonds. The van der Waals surface area contributed by atoms with Gasteiger partial charge in [-0.1, -0.05) is 47.6 Å². The molecule has 0 spiro atoms. The van der Waals surface area contributed by atoms with E-state index >= 15 is 0 Å². The first-order chi connectivity index (χ1) is 10.1. The van der Waals surface area contributed by atoms with E-state index in [1.54, 1.807) is 0 Å². The van der Waals surface area contributed by atoms with Gasteiger partial charge in [0.05, 0.1) is 5.92 Å². The third-order valence-electron chi connectivity index (χ3n) is 3.36. The second-order valence-electron chi connectivity index (χ2n) is 4.81. The van der Waals surface area contributed by atoms with Crippen molar-refractivity contribution in [2.24, 2.45) is 10.9 Å². The normalized spacial score (nSPS) is 13.0. The van der Waals surface area contributed by atoms with Gasteiger partial charge in [-0.15, -0.1) is 0 Å². The summed E-state index contributed by atoms with van der Waals surface area (Å²) in [6.07, 6.45) is 0. The third-order valence-corrected chi connectivity index (χ3v) is 4.42. The van der Waals surface area contributed by atoms with Crippen LogP contribution in [0.15, 0.2) is 58.2 Å². The molecule has 0 bridgehead atoms. The molecule has 0 aliphatic heterocycles. The Bertz CT molecular complexity index is 629. The first kappa shape index (κ1) is 15.4. The van der Waals surface area contributed by atoms with Gasteiger partial charge in [-0.2, -0.15) is 0 Å². The van der Waals surface area contributed by atoms with E-state index in [1.807, 2.05) is 55.5 Å². The summed E-state index contributed by atoms with van der Waals surface area (Å²) < 4.78 is 1.02. The molecule has 21 heavy (non-hydrogen) atoms. The minimum absolute atomic E-state index is 0.191. The quantitative estimate of drug-likeness (QED) is 0.334. The van der Waals surface area contributed by atoms with Gasteiger partial charge in [-0.25, -0.2) is 0 Å². The first-order valence-electron chi connectivity index (χ1n) is 6.65. The number of hydrogen-bond acceptors (Lipinski definition) is 3. The monoisotopic (exact) mass is 347 g/mol. The van der Waals surface area contributed by atoms with Crippen molar-refractivity contribution in [3.05, 3.63) is 64.1 Å². The van der Waals surface area contributed by atoms with Gasteiger partial charge in [0, 0.05) is 16.7 Å². The van der Waals surface area contributed by atoms with Crippen molar-refractivity contribution in [1.82, 2.24) is 0 Å². The SMILES string of the molecule is Cc1cccc(NCC(/C(N)=N/O)c2ccccc2)c1Br. The Morgan fingerprint density at radius 3 is 2.62 bits per heavy atom. The Labute approximate surface area is 132 Å². The smallest absolute Gasteiger partial charge is 0.148 e. The predicted molar refractivity (Wildman–Crippen MR) is 90.0 cm³/mol. The van der Waals surface area contributed by atoms with Crippen LogP contribution in [0.25, 0.3) is 0 Å². The van der Waals surface area contributed by atoms with E-state index in [9.17, 15) is 0 Å². The van der Waals surface area contributed by atoms with E-state index in [0.29, 0.717) is 6.54 Å². The van der Waals surface area contributed by atoms with Crippen molar-refractivity contribution in [2.75, 3.05) is 11.9 Å². The molecule has 0 radical (unpaired) electrons. The van der Waals surface area contributed by atoms with E-state index in [4.69, 9.17) is 10.9 Å². The Hall–Kier alpha value is -2.01. The predicted octanol–water partition coefficient (Wildman–Crippen LogP) is 3.70. The van der Waals surface area contributed by atoms with Gasteiger partial charge in [-0.05, 0) is 40.0 Å². The summed E-state index contributed by atoms with van der Waals surface area (Å²) >= 11 is 3.57. The maximum absolute atomic E-state index is 8.99. The molecular formula is C16H18BrN3O. The van der Waals surface area contributed by atoms with Crippen LogP contribution in [0.5, 0.6) is 0 Å². The minimum Gasteiger partial charge on any atom is -0.409 e. The standard InChI is InChI=1S/C16H18BrN3O/c1-11-6-5-9-14(15(11)17)19-10-13(16(18)20-21)12-7-3-2-4-8-12/h2-9,13,19,21H,10H2,1H3,(H2,18,20). The number of nitrogens with zero attached hydrogens (tertiary/aromatic N) is 1. The number of nitrogens with two attached hydrogens (primary N) is 1. The Morgan fingerprint density at radius 1 is 1.24 bits per heavy atom. The number of benzene rings is 2. The van der Waals surface area contributed by atoms with Crippen LogP contribution in [0, 0.1) is 6.92 Å². The average molecular weight is 348 g/mol. The Morgan fingerprint density at radius 2 is 1.95 bits per heavy atom. The number of rotatable bonds is 5. The molecule has 2 rings (SSSR count). The number of halogens is 1. The van der Waals surface area contributed by atoms with Gasteiger partial charge in [0.15, 0.2) is 0 Å². The summed E-state index contributed by atoms with van der Waals surface area (Å²) in [5.74, 6) is 0.00101. The van der Waals surface area contributed by atoms with Gasteiger partial charge in [0.2, 0.25) is 0 Å². The van der Waals surface area contributed by atoms with Gasteiger partial charge in [0.25, 0.3) is 0 Å². The number of hydrogen-bond donors (Lipinski definition) is 3. The molecule has 0 aromatic heterocycles. The lowest BCUT2D eigenvalue weighted by atomic mass is 9.98. The number of oxime groups is 1. The average Bonchev–Trinajstić information content (AvgIpc) is 2.52. The zero-order valence-electron chi connectivity index (χ0n) is 11.8. The zero-order chi connectivity index (χ0) is 15.2. The van der Waals surface area contributed by atoms with Crippen LogP contribution in [-0.2, 0) is 0 Å². The molecule has 0 heterocycles. The highest BCUT2D eigenvalue weighted by atomic mass is 79.9. The molecular weight excluding hydrogens is 330 g/mol. The molecule has 5 heteroatoms. The fourth-order valence-electron chi connectivity index (χ4n) is 2.14. The molecule has 0 aliphatic rings. The minimum atomic E-state index is -0.191. The fourth-order valence-corrected chi connectivity index (χ4v) is 2.55. The van der Waals surface area contributed by atoms with Crippen molar-refractivity contribution in [3.8, 4) is 0 Å². The molecule has 0 saturated carbocycles. The highest BCUT2D eigenvalue weighted by molar-refractivity contribution is 9.10. The molecule has 0 fully saturated rings. The maximum Gasteiger partial charge on any atom is 0.148 e. The summed E-state index contributed by atoms with van der Waals surface area (Å²) in [6, 6.07) is 15.8. The lowest BCUT2D eigenvalue weighted by molar-refractivity contribution is 0.316. The van der Waals surface area contributed by atoms with Crippen molar-refractivity contribution in [1.29, 1.82) is 0 Å². The molecule has 0 aliphatic carbocycles. The number of aryl methyl sites for hydroxylation is 1. The van der Waals surface area contributed by atoms with Crippen LogP contribution in [0.2, 0.25) is 0 Å². The Balaban J connectivity index is 2.19. The molecule has 2 aromatic rings. The maximum atomic E-state index is 8.99. The highest BCUT2D eigenvalue weighted by Crippen LogP contribution is 2.27. The lowest BCUT2D eigenvalue weighted by Gasteiger charge is -2.18. The summed E-state index contributed by atoms with van der Waals surface area (Å²) in [4.78, 5) is 0. The van der Waals surface area contributed by atoms with E-state index < -0.39 is 0 Å². The molecule has 0 saturated heterocycles. The van der Waals surface area contributed by atoms with Crippen molar-refractivity contribution in [3.63, 3.8) is 0 Å². The molecule has 4 N–H and O–H groups in total. The summed E-state index contributed by atoms with van der Waals surface area (Å²) in [7, 11) is 0. The third kappa shape index (κ3) is 3.76. The van der Waals surface area contributed by atoms with Gasteiger partial charge in [0.1, 0.15) is 5.84 Å². The summed E-state index contributed by atoms with van der Waals surface area (Å²) in [6.45, 7) is 2.58. The largest absolute Gasteiger partial charge is 0.409 e. The van der Waals surface area contributed by atoms with Gasteiger partial charge in [-0.3, -0.25) is 0 Å². The first-order valence-corrected chi connectivity index (χ1v) is 7.44. The molecule has 2 aromatic carbocycles. The van der Waals surface area contributed by atoms with Crippen molar-refractivity contribution in [2.45, 2.75) is 12.8 Å². The van der Waals surface area contributed by atoms with Crippen molar-refractivity contribution < 1.29 is 5.21 Å². The fraction of sp³-hybridized carbons (Fsp3) is 0.188. The van der Waals surface area contributed by atoms with Crippen LogP contribution in [0.4, 0.5) is 5.69 Å². The second-order valence-corrected chi connectivity index (χ2v) is 5.60. The summed E-state index contributed by atoms with van der Waals surface area (Å²) in [5.41, 5.74) is 8.97. The molecule has 1 atom stereocenters. The van der Waals surface area contributed by atoms with Crippen LogP contribution < -0.4 is 11.1 Å². The highest BCUT2D eigenvalue weighted by Gasteiger charge is 2.16. The zero-order valence-corrected chi connectivity index (χ0v) is 13.3. The lowest BCUT2D eigenvalue weighted by Crippen LogP contribution is -2.28. The van der Waals surface area contributed by atoms with E-state index in [1.165, 1.54) is 0 Å². The van der Waals surface area contributed by atoms with E-state index in [2.05, 4.69) is 26.4 Å². The molecule has 110 valence electrons. The molecule has 1 unspecified atom stereocenters. The molecule has 4 nitrogen and oxygen atoms in total.